The summed E-state index contributed by atoms with van der Waals surface area (Å²) in [6, 6.07) is -0.162. The molecular weight excluding hydrogens is 376 g/mol. The number of ketones is 2. The molecule has 11 nitrogen and oxygen atoms in total. The predicted molar refractivity (Wildman–Crippen MR) is 103 cm³/mol. The maximum atomic E-state index is 13.0. The van der Waals surface area contributed by atoms with E-state index in [1.807, 2.05) is 4.57 Å². The van der Waals surface area contributed by atoms with Crippen LogP contribution >= 0.6 is 0 Å². The van der Waals surface area contributed by atoms with Gasteiger partial charge in [0, 0.05) is 35.8 Å². The van der Waals surface area contributed by atoms with Crippen LogP contribution in [0, 0.1) is 0 Å². The highest BCUT2D eigenvalue weighted by molar-refractivity contribution is 6.26. The van der Waals surface area contributed by atoms with Crippen molar-refractivity contribution in [3.63, 3.8) is 0 Å². The molecule has 0 fully saturated rings. The minimum Gasteiger partial charge on any atom is -0.395 e. The number of carbonyl (C=O) groups is 2. The minimum absolute atomic E-state index is 0.0324. The van der Waals surface area contributed by atoms with E-state index < -0.39 is 5.56 Å². The lowest BCUT2D eigenvalue weighted by atomic mass is 9.89. The Morgan fingerprint density at radius 2 is 2.00 bits per heavy atom. The zero-order chi connectivity index (χ0) is 20.6. The van der Waals surface area contributed by atoms with Crippen LogP contribution in [-0.4, -0.2) is 41.7 Å². The number of rotatable bonds is 2. The first kappa shape index (κ1) is 17.4. The van der Waals surface area contributed by atoms with Crippen molar-refractivity contribution >= 4 is 28.7 Å². The van der Waals surface area contributed by atoms with E-state index in [4.69, 9.17) is 17.2 Å². The highest BCUT2D eigenvalue weighted by Gasteiger charge is 2.39. The normalized spacial score (nSPS) is 18.6. The first-order valence-electron chi connectivity index (χ1n) is 9.04. The molecule has 0 saturated carbocycles. The lowest BCUT2D eigenvalue weighted by Gasteiger charge is -2.17. The Morgan fingerprint density at radius 3 is 2.76 bits per heavy atom. The molecule has 29 heavy (non-hydrogen) atoms. The third-order valence-corrected chi connectivity index (χ3v) is 5.62. The molecule has 0 saturated heterocycles. The van der Waals surface area contributed by atoms with Gasteiger partial charge >= 0.3 is 0 Å². The Labute approximate surface area is 163 Å². The summed E-state index contributed by atoms with van der Waals surface area (Å²) >= 11 is 0. The van der Waals surface area contributed by atoms with Crippen LogP contribution in [0.5, 0.6) is 0 Å². The van der Waals surface area contributed by atoms with Gasteiger partial charge in [0.05, 0.1) is 24.1 Å². The van der Waals surface area contributed by atoms with Gasteiger partial charge in [0.25, 0.3) is 5.56 Å². The van der Waals surface area contributed by atoms with Crippen molar-refractivity contribution in [3.05, 3.63) is 50.5 Å². The third-order valence-electron chi connectivity index (χ3n) is 5.62. The summed E-state index contributed by atoms with van der Waals surface area (Å²) in [6.45, 7) is 2.13. The summed E-state index contributed by atoms with van der Waals surface area (Å²) in [7, 11) is 0. The number of anilines is 1. The molecule has 2 aliphatic rings. The first-order valence-corrected chi connectivity index (χ1v) is 9.04. The van der Waals surface area contributed by atoms with Crippen LogP contribution in [0.4, 0.5) is 5.95 Å². The standard InChI is InChI=1S/C18H18N8O3/c1-6-11(20)15(28)10-8(9-2-7(19)3-26(9)12(10)14(6)27)4-25-5-22-16-13(25)17(29)24-18(21)23-16/h5,7H,2-4,19-20H2,1H3,(H3,21,23,24,29)/t7-/m1/s1. The van der Waals surface area contributed by atoms with Gasteiger partial charge in [-0.15, -0.1) is 0 Å². The summed E-state index contributed by atoms with van der Waals surface area (Å²) in [6.07, 6.45) is 1.97. The van der Waals surface area contributed by atoms with Crippen LogP contribution in [0.15, 0.2) is 22.4 Å². The van der Waals surface area contributed by atoms with Gasteiger partial charge in [-0.3, -0.25) is 19.4 Å². The zero-order valence-corrected chi connectivity index (χ0v) is 15.5. The van der Waals surface area contributed by atoms with E-state index in [0.717, 1.165) is 5.69 Å². The van der Waals surface area contributed by atoms with Gasteiger partial charge < -0.3 is 26.3 Å². The van der Waals surface area contributed by atoms with Crippen molar-refractivity contribution in [2.75, 3.05) is 5.73 Å². The molecule has 0 radical (unpaired) electrons. The molecule has 0 aromatic carbocycles. The summed E-state index contributed by atoms with van der Waals surface area (Å²) in [5.41, 5.74) is 19.8. The molecule has 148 valence electrons. The fourth-order valence-corrected chi connectivity index (χ4v) is 4.25. The van der Waals surface area contributed by atoms with Gasteiger partial charge in [-0.1, -0.05) is 0 Å². The number of nitrogens with one attached hydrogen (secondary N) is 1. The second-order valence-corrected chi connectivity index (χ2v) is 7.42. The smallest absolute Gasteiger partial charge is 0.278 e. The van der Waals surface area contributed by atoms with Crippen LogP contribution in [0.2, 0.25) is 0 Å². The zero-order valence-electron chi connectivity index (χ0n) is 15.5. The number of nitrogen functional groups attached to an aromatic ring is 1. The molecule has 0 bridgehead atoms. The second kappa shape index (κ2) is 5.64. The van der Waals surface area contributed by atoms with E-state index >= 15 is 0 Å². The Balaban J connectivity index is 1.74. The molecular formula is C18H18N8O3. The van der Waals surface area contributed by atoms with Gasteiger partial charge in [-0.05, 0) is 6.92 Å². The molecule has 3 aromatic heterocycles. The fourth-order valence-electron chi connectivity index (χ4n) is 4.25. The Bertz CT molecular complexity index is 1340. The molecule has 7 N–H and O–H groups in total. The molecule has 0 amide bonds. The Kier molecular flexibility index (Phi) is 3.38. The van der Waals surface area contributed by atoms with Crippen molar-refractivity contribution in [3.8, 4) is 0 Å². The molecule has 0 spiro atoms. The number of imidazole rings is 1. The van der Waals surface area contributed by atoms with E-state index in [0.29, 0.717) is 24.2 Å². The Morgan fingerprint density at radius 1 is 1.24 bits per heavy atom. The third kappa shape index (κ3) is 2.24. The lowest BCUT2D eigenvalue weighted by molar-refractivity contribution is 0.0967. The molecule has 1 aliphatic carbocycles. The van der Waals surface area contributed by atoms with Crippen LogP contribution in [-0.2, 0) is 19.5 Å². The molecule has 5 rings (SSSR count). The number of H-pyrrole nitrogens is 1. The summed E-state index contributed by atoms with van der Waals surface area (Å²) in [5.74, 6) is -0.695. The van der Waals surface area contributed by atoms with Gasteiger partial charge in [-0.2, -0.15) is 4.98 Å². The molecule has 0 unspecified atom stereocenters. The molecule has 1 aliphatic heterocycles. The van der Waals surface area contributed by atoms with Gasteiger partial charge in [0.1, 0.15) is 5.69 Å². The van der Waals surface area contributed by atoms with E-state index in [1.54, 1.807) is 11.5 Å². The van der Waals surface area contributed by atoms with Crippen molar-refractivity contribution in [1.29, 1.82) is 0 Å². The van der Waals surface area contributed by atoms with Crippen molar-refractivity contribution < 1.29 is 9.59 Å². The number of hydrogen-bond acceptors (Lipinski definition) is 8. The highest BCUT2D eigenvalue weighted by Crippen LogP contribution is 2.35. The van der Waals surface area contributed by atoms with Gasteiger partial charge in [-0.25, -0.2) is 4.98 Å². The number of aromatic amines is 1. The van der Waals surface area contributed by atoms with E-state index in [9.17, 15) is 14.4 Å². The van der Waals surface area contributed by atoms with E-state index in [-0.39, 0.29) is 58.1 Å². The van der Waals surface area contributed by atoms with Crippen LogP contribution in [0.3, 0.4) is 0 Å². The quantitative estimate of drug-likeness (QED) is 0.429. The first-order chi connectivity index (χ1) is 13.8. The minimum atomic E-state index is -0.441. The van der Waals surface area contributed by atoms with Crippen molar-refractivity contribution in [2.24, 2.45) is 11.5 Å². The number of fused-ring (bicyclic) bond motifs is 4. The average molecular weight is 394 g/mol. The monoisotopic (exact) mass is 394 g/mol. The summed E-state index contributed by atoms with van der Waals surface area (Å²) in [4.78, 5) is 48.9. The summed E-state index contributed by atoms with van der Waals surface area (Å²) in [5, 5.41) is 0. The molecule has 4 heterocycles. The predicted octanol–water partition coefficient (Wildman–Crippen LogP) is -0.953. The number of carbonyl (C=O) groups excluding carboxylic acids is 2. The average Bonchev–Trinajstić information content (AvgIpc) is 3.31. The SMILES string of the molecule is CC1=C(N)C(=O)c2c(Cn3cnc4nc(N)[nH]c(=O)c43)c3n(c2C1=O)C[C@H](N)C3. The summed E-state index contributed by atoms with van der Waals surface area (Å²) < 4.78 is 3.39. The topological polar surface area (TPSA) is 181 Å². The fraction of sp³-hybridized carbons (Fsp3) is 0.278. The number of aromatic nitrogens is 5. The number of allylic oxidation sites excluding steroid dienone is 2. The van der Waals surface area contributed by atoms with Crippen LogP contribution < -0.4 is 22.8 Å². The molecule has 3 aromatic rings. The van der Waals surface area contributed by atoms with Crippen molar-refractivity contribution in [2.45, 2.75) is 32.5 Å². The van der Waals surface area contributed by atoms with Crippen molar-refractivity contribution in [1.82, 2.24) is 24.1 Å². The number of nitrogens with two attached hydrogens (primary N) is 3. The van der Waals surface area contributed by atoms with Crippen LogP contribution in [0.25, 0.3) is 11.2 Å². The molecule has 1 atom stereocenters. The van der Waals surface area contributed by atoms with Crippen LogP contribution in [0.1, 0.15) is 39.0 Å². The maximum Gasteiger partial charge on any atom is 0.278 e. The maximum absolute atomic E-state index is 13.0. The second-order valence-electron chi connectivity index (χ2n) is 7.42. The van der Waals surface area contributed by atoms with Gasteiger partial charge in [0.15, 0.2) is 11.2 Å². The molecule has 11 heteroatoms. The number of nitrogens with zero attached hydrogens (tertiary/aromatic N) is 4. The lowest BCUT2D eigenvalue weighted by Crippen LogP contribution is -2.29. The van der Waals surface area contributed by atoms with E-state index in [1.165, 1.54) is 6.33 Å². The highest BCUT2D eigenvalue weighted by atomic mass is 16.1. The number of hydrogen-bond donors (Lipinski definition) is 4. The van der Waals surface area contributed by atoms with E-state index in [2.05, 4.69) is 15.0 Å². The number of Topliss-reactive ketones (excluding diaryl/α,β-unsaturated/α-hetero) is 2. The Hall–Kier alpha value is -3.73. The van der Waals surface area contributed by atoms with Gasteiger partial charge in [0.2, 0.25) is 17.5 Å². The largest absolute Gasteiger partial charge is 0.395 e.